The maximum atomic E-state index is 5.71. The molecular weight excluding hydrogens is 188 g/mol. The first-order valence-electron chi connectivity index (χ1n) is 6.35. The summed E-state index contributed by atoms with van der Waals surface area (Å²) in [6.07, 6.45) is 4.16. The normalized spacial score (nSPS) is 39.2. The Morgan fingerprint density at radius 2 is 2.27 bits per heavy atom. The molecule has 0 spiro atoms. The van der Waals surface area contributed by atoms with Gasteiger partial charge in [0.15, 0.2) is 0 Å². The van der Waals surface area contributed by atoms with E-state index in [1.165, 1.54) is 19.3 Å². The van der Waals surface area contributed by atoms with Crippen LogP contribution in [0.15, 0.2) is 0 Å². The van der Waals surface area contributed by atoms with Crippen molar-refractivity contribution in [2.45, 2.75) is 51.3 Å². The van der Waals surface area contributed by atoms with E-state index >= 15 is 0 Å². The molecule has 2 N–H and O–H groups in total. The van der Waals surface area contributed by atoms with Gasteiger partial charge in [0.25, 0.3) is 0 Å². The Bertz CT molecular complexity index is 192. The molecule has 2 rings (SSSR count). The molecule has 0 saturated carbocycles. The number of hydrogen-bond acceptors (Lipinski definition) is 3. The number of rotatable bonds is 3. The smallest absolute Gasteiger partial charge is 0.0726 e. The molecule has 2 aliphatic rings. The van der Waals surface area contributed by atoms with E-state index in [-0.39, 0.29) is 0 Å². The standard InChI is InChI=1S/C12H24N2O/c1-9-8-13-6-5-11(9)14-10(2)12-4-3-7-15-12/h9-14H,3-8H2,1-2H3. The Hall–Kier alpha value is -0.120. The summed E-state index contributed by atoms with van der Waals surface area (Å²) in [7, 11) is 0. The van der Waals surface area contributed by atoms with Crippen LogP contribution in [0.4, 0.5) is 0 Å². The molecule has 2 fully saturated rings. The topological polar surface area (TPSA) is 33.3 Å². The van der Waals surface area contributed by atoms with Crippen LogP contribution < -0.4 is 10.6 Å². The van der Waals surface area contributed by atoms with Gasteiger partial charge < -0.3 is 15.4 Å². The van der Waals surface area contributed by atoms with Crippen LogP contribution in [0, 0.1) is 5.92 Å². The molecule has 3 heteroatoms. The fourth-order valence-corrected chi connectivity index (χ4v) is 2.70. The van der Waals surface area contributed by atoms with Crippen molar-refractivity contribution in [3.05, 3.63) is 0 Å². The summed E-state index contributed by atoms with van der Waals surface area (Å²) in [6, 6.07) is 1.18. The Labute approximate surface area is 93.0 Å². The molecule has 88 valence electrons. The van der Waals surface area contributed by atoms with Crippen LogP contribution >= 0.6 is 0 Å². The minimum atomic E-state index is 0.451. The molecule has 0 aromatic heterocycles. The lowest BCUT2D eigenvalue weighted by molar-refractivity contribution is 0.0745. The van der Waals surface area contributed by atoms with Crippen molar-refractivity contribution < 1.29 is 4.74 Å². The third-order valence-electron chi connectivity index (χ3n) is 3.78. The third-order valence-corrected chi connectivity index (χ3v) is 3.78. The highest BCUT2D eigenvalue weighted by Gasteiger charge is 2.27. The molecule has 15 heavy (non-hydrogen) atoms. The average Bonchev–Trinajstić information content (AvgIpc) is 2.74. The van der Waals surface area contributed by atoms with Crippen LogP contribution in [0.3, 0.4) is 0 Å². The SMILES string of the molecule is CC1CNCCC1NC(C)C1CCCO1. The van der Waals surface area contributed by atoms with Crippen LogP contribution in [0.5, 0.6) is 0 Å². The van der Waals surface area contributed by atoms with Crippen LogP contribution in [0.25, 0.3) is 0 Å². The lowest BCUT2D eigenvalue weighted by Crippen LogP contribution is -2.51. The summed E-state index contributed by atoms with van der Waals surface area (Å²) in [5.41, 5.74) is 0. The van der Waals surface area contributed by atoms with Gasteiger partial charge in [-0.2, -0.15) is 0 Å². The predicted molar refractivity (Wildman–Crippen MR) is 62.0 cm³/mol. The summed E-state index contributed by atoms with van der Waals surface area (Å²) < 4.78 is 5.71. The van der Waals surface area contributed by atoms with Crippen molar-refractivity contribution >= 4 is 0 Å². The Balaban J connectivity index is 1.78. The lowest BCUT2D eigenvalue weighted by atomic mass is 9.94. The number of hydrogen-bond donors (Lipinski definition) is 2. The van der Waals surface area contributed by atoms with E-state index in [2.05, 4.69) is 24.5 Å². The molecule has 0 aromatic carbocycles. The second kappa shape index (κ2) is 5.28. The van der Waals surface area contributed by atoms with E-state index in [1.807, 2.05) is 0 Å². The molecule has 4 unspecified atom stereocenters. The Morgan fingerprint density at radius 1 is 1.40 bits per heavy atom. The van der Waals surface area contributed by atoms with Crippen LogP contribution in [-0.4, -0.2) is 37.9 Å². The zero-order chi connectivity index (χ0) is 10.7. The van der Waals surface area contributed by atoms with Crippen molar-refractivity contribution in [2.75, 3.05) is 19.7 Å². The van der Waals surface area contributed by atoms with Gasteiger partial charge in [-0.15, -0.1) is 0 Å². The molecule has 0 radical (unpaired) electrons. The fraction of sp³-hybridized carbons (Fsp3) is 1.00. The van der Waals surface area contributed by atoms with Gasteiger partial charge in [-0.3, -0.25) is 0 Å². The Morgan fingerprint density at radius 3 is 2.93 bits per heavy atom. The van der Waals surface area contributed by atoms with Gasteiger partial charge in [-0.1, -0.05) is 6.92 Å². The average molecular weight is 212 g/mol. The predicted octanol–water partition coefficient (Wildman–Crippen LogP) is 1.14. The third kappa shape index (κ3) is 2.92. The molecule has 0 amide bonds. The summed E-state index contributed by atoms with van der Waals surface area (Å²) in [4.78, 5) is 0. The maximum absolute atomic E-state index is 5.71. The number of nitrogens with one attached hydrogen (secondary N) is 2. The van der Waals surface area contributed by atoms with E-state index in [0.29, 0.717) is 18.2 Å². The van der Waals surface area contributed by atoms with Crippen LogP contribution in [-0.2, 0) is 4.74 Å². The molecule has 0 bridgehead atoms. The molecule has 0 aromatic rings. The van der Waals surface area contributed by atoms with Crippen molar-refractivity contribution in [2.24, 2.45) is 5.92 Å². The van der Waals surface area contributed by atoms with E-state index in [4.69, 9.17) is 4.74 Å². The van der Waals surface area contributed by atoms with Gasteiger partial charge in [0, 0.05) is 18.7 Å². The minimum Gasteiger partial charge on any atom is -0.377 e. The van der Waals surface area contributed by atoms with Gasteiger partial charge in [0.2, 0.25) is 0 Å². The second-order valence-electron chi connectivity index (χ2n) is 5.08. The van der Waals surface area contributed by atoms with E-state index in [9.17, 15) is 0 Å². The largest absolute Gasteiger partial charge is 0.377 e. The molecule has 0 aliphatic carbocycles. The van der Waals surface area contributed by atoms with Crippen LogP contribution in [0.1, 0.15) is 33.1 Å². The molecule has 2 saturated heterocycles. The first-order valence-corrected chi connectivity index (χ1v) is 6.35. The zero-order valence-electron chi connectivity index (χ0n) is 9.96. The minimum absolute atomic E-state index is 0.451. The van der Waals surface area contributed by atoms with E-state index in [0.717, 1.165) is 25.6 Å². The van der Waals surface area contributed by atoms with E-state index < -0.39 is 0 Å². The van der Waals surface area contributed by atoms with Gasteiger partial charge in [-0.05, 0) is 45.2 Å². The highest BCUT2D eigenvalue weighted by Crippen LogP contribution is 2.18. The highest BCUT2D eigenvalue weighted by atomic mass is 16.5. The highest BCUT2D eigenvalue weighted by molar-refractivity contribution is 4.86. The van der Waals surface area contributed by atoms with E-state index in [1.54, 1.807) is 0 Å². The van der Waals surface area contributed by atoms with Crippen molar-refractivity contribution in [3.63, 3.8) is 0 Å². The Kier molecular flexibility index (Phi) is 4.00. The fourth-order valence-electron chi connectivity index (χ4n) is 2.70. The van der Waals surface area contributed by atoms with Crippen molar-refractivity contribution in [1.29, 1.82) is 0 Å². The second-order valence-corrected chi connectivity index (χ2v) is 5.08. The summed E-state index contributed by atoms with van der Waals surface area (Å²) >= 11 is 0. The quantitative estimate of drug-likeness (QED) is 0.736. The first-order chi connectivity index (χ1) is 7.27. The first kappa shape index (κ1) is 11.4. The molecule has 2 heterocycles. The molecule has 2 aliphatic heterocycles. The number of ether oxygens (including phenoxy) is 1. The van der Waals surface area contributed by atoms with Gasteiger partial charge in [-0.25, -0.2) is 0 Å². The van der Waals surface area contributed by atoms with Crippen LogP contribution in [0.2, 0.25) is 0 Å². The summed E-state index contributed by atoms with van der Waals surface area (Å²) in [6.45, 7) is 7.85. The summed E-state index contributed by atoms with van der Waals surface area (Å²) in [5, 5.41) is 7.18. The maximum Gasteiger partial charge on any atom is 0.0726 e. The zero-order valence-corrected chi connectivity index (χ0v) is 9.96. The van der Waals surface area contributed by atoms with Gasteiger partial charge >= 0.3 is 0 Å². The lowest BCUT2D eigenvalue weighted by Gasteiger charge is -2.34. The molecule has 3 nitrogen and oxygen atoms in total. The molecular formula is C12H24N2O. The molecule has 4 atom stereocenters. The van der Waals surface area contributed by atoms with Gasteiger partial charge in [0.05, 0.1) is 6.10 Å². The summed E-state index contributed by atoms with van der Waals surface area (Å²) in [5.74, 6) is 0.739. The van der Waals surface area contributed by atoms with Crippen molar-refractivity contribution in [1.82, 2.24) is 10.6 Å². The monoisotopic (exact) mass is 212 g/mol. The van der Waals surface area contributed by atoms with Gasteiger partial charge in [0.1, 0.15) is 0 Å². The van der Waals surface area contributed by atoms with Crippen molar-refractivity contribution in [3.8, 4) is 0 Å². The number of piperidine rings is 1.